The highest BCUT2D eigenvalue weighted by Crippen LogP contribution is 2.21. The summed E-state index contributed by atoms with van der Waals surface area (Å²) in [4.78, 5) is 9.16. The topological polar surface area (TPSA) is 42.7 Å². The van der Waals surface area contributed by atoms with Crippen molar-refractivity contribution >= 4 is 0 Å². The molecule has 0 aliphatic heterocycles. The monoisotopic (exact) mass is 282 g/mol. The van der Waals surface area contributed by atoms with Crippen LogP contribution < -0.4 is 5.32 Å². The van der Waals surface area contributed by atoms with Crippen molar-refractivity contribution in [3.63, 3.8) is 0 Å². The van der Waals surface area contributed by atoms with Gasteiger partial charge in [-0.05, 0) is 50.2 Å². The Morgan fingerprint density at radius 1 is 1.14 bits per heavy atom. The van der Waals surface area contributed by atoms with Crippen molar-refractivity contribution in [3.8, 4) is 0 Å². The van der Waals surface area contributed by atoms with Gasteiger partial charge in [-0.2, -0.15) is 0 Å². The van der Waals surface area contributed by atoms with Crippen LogP contribution in [0.1, 0.15) is 48.3 Å². The molecule has 0 atom stereocenters. The lowest BCUT2D eigenvalue weighted by Gasteiger charge is -2.13. The number of fused-ring (bicyclic) bond motifs is 1. The van der Waals surface area contributed by atoms with Gasteiger partial charge in [-0.15, -0.1) is 0 Å². The van der Waals surface area contributed by atoms with Gasteiger partial charge >= 0.3 is 0 Å². The molecule has 4 heteroatoms. The molecule has 1 N–H and O–H groups in total. The van der Waals surface area contributed by atoms with Crippen LogP contribution in [-0.4, -0.2) is 20.6 Å². The van der Waals surface area contributed by atoms with Crippen LogP contribution in [-0.2, 0) is 25.9 Å². The number of pyridine rings is 1. The zero-order chi connectivity index (χ0) is 14.1. The van der Waals surface area contributed by atoms with Crippen LogP contribution in [0.15, 0.2) is 24.7 Å². The first-order valence-electron chi connectivity index (χ1n) is 8.08. The van der Waals surface area contributed by atoms with E-state index in [-0.39, 0.29) is 0 Å². The molecule has 2 aromatic rings. The predicted molar refractivity (Wildman–Crippen MR) is 82.1 cm³/mol. The molecule has 1 fully saturated rings. The second-order valence-corrected chi connectivity index (χ2v) is 6.29. The van der Waals surface area contributed by atoms with E-state index in [9.17, 15) is 0 Å². The molecule has 2 aromatic heterocycles. The first-order chi connectivity index (χ1) is 10.4. The van der Waals surface area contributed by atoms with Crippen LogP contribution in [0.5, 0.6) is 0 Å². The number of hydrogen-bond donors (Lipinski definition) is 1. The van der Waals surface area contributed by atoms with Gasteiger partial charge in [-0.25, -0.2) is 4.98 Å². The van der Waals surface area contributed by atoms with Gasteiger partial charge in [-0.3, -0.25) is 4.98 Å². The second kappa shape index (κ2) is 5.60. The molecule has 4 nitrogen and oxygen atoms in total. The molecule has 0 radical (unpaired) electrons. The van der Waals surface area contributed by atoms with Crippen LogP contribution in [0, 0.1) is 0 Å². The smallest absolute Gasteiger partial charge is 0.0955 e. The summed E-state index contributed by atoms with van der Waals surface area (Å²) in [5.74, 6) is 0. The molecule has 0 aromatic carbocycles. The average Bonchev–Trinajstić information content (AvgIpc) is 3.28. The van der Waals surface area contributed by atoms with E-state index in [0.717, 1.165) is 31.2 Å². The van der Waals surface area contributed by atoms with Crippen molar-refractivity contribution in [3.05, 3.63) is 47.3 Å². The van der Waals surface area contributed by atoms with Gasteiger partial charge < -0.3 is 9.88 Å². The van der Waals surface area contributed by atoms with E-state index < -0.39 is 0 Å². The standard InChI is InChI=1S/C17H22N4/c1-2-4-17-16(3-1)20-12-21(17)11-15-6-5-13(10-19-15)9-18-14-7-8-14/h5-6,10,12,14,18H,1-4,7-9,11H2. The Hall–Kier alpha value is -1.68. The molecular formula is C17H22N4. The molecule has 2 heterocycles. The number of hydrogen-bond acceptors (Lipinski definition) is 3. The van der Waals surface area contributed by atoms with Crippen LogP contribution >= 0.6 is 0 Å². The summed E-state index contributed by atoms with van der Waals surface area (Å²) in [6.45, 7) is 1.79. The number of imidazole rings is 1. The van der Waals surface area contributed by atoms with E-state index in [1.165, 1.54) is 49.1 Å². The molecule has 1 saturated carbocycles. The number of rotatable bonds is 5. The quantitative estimate of drug-likeness (QED) is 0.916. The SMILES string of the molecule is c1cc(Cn2cnc3c2CCCC3)ncc1CNC1CC1. The van der Waals surface area contributed by atoms with E-state index in [2.05, 4.69) is 32.0 Å². The summed E-state index contributed by atoms with van der Waals surface area (Å²) in [7, 11) is 0. The summed E-state index contributed by atoms with van der Waals surface area (Å²) < 4.78 is 2.28. The Labute approximate surface area is 125 Å². The Bertz CT molecular complexity index is 610. The third kappa shape index (κ3) is 3.00. The van der Waals surface area contributed by atoms with Crippen LogP contribution in [0.3, 0.4) is 0 Å². The van der Waals surface area contributed by atoms with E-state index in [4.69, 9.17) is 0 Å². The lowest BCUT2D eigenvalue weighted by atomic mass is 10.0. The van der Waals surface area contributed by atoms with Gasteiger partial charge in [0.25, 0.3) is 0 Å². The van der Waals surface area contributed by atoms with E-state index in [0.29, 0.717) is 0 Å². The van der Waals surface area contributed by atoms with Gasteiger partial charge in [0.1, 0.15) is 0 Å². The van der Waals surface area contributed by atoms with E-state index >= 15 is 0 Å². The van der Waals surface area contributed by atoms with Crippen molar-refractivity contribution in [2.24, 2.45) is 0 Å². The summed E-state index contributed by atoms with van der Waals surface area (Å²) in [6.07, 6.45) is 11.5. The Morgan fingerprint density at radius 2 is 2.05 bits per heavy atom. The molecule has 0 amide bonds. The summed E-state index contributed by atoms with van der Waals surface area (Å²) >= 11 is 0. The zero-order valence-corrected chi connectivity index (χ0v) is 12.4. The zero-order valence-electron chi connectivity index (χ0n) is 12.4. The van der Waals surface area contributed by atoms with Crippen LogP contribution in [0.2, 0.25) is 0 Å². The fourth-order valence-corrected chi connectivity index (χ4v) is 3.04. The van der Waals surface area contributed by atoms with Gasteiger partial charge in [0, 0.05) is 24.5 Å². The van der Waals surface area contributed by atoms with Gasteiger partial charge in [0.2, 0.25) is 0 Å². The molecular weight excluding hydrogens is 260 g/mol. The maximum absolute atomic E-state index is 4.61. The van der Waals surface area contributed by atoms with Crippen molar-refractivity contribution in [1.29, 1.82) is 0 Å². The third-order valence-electron chi connectivity index (χ3n) is 4.50. The minimum atomic E-state index is 0.752. The third-order valence-corrected chi connectivity index (χ3v) is 4.50. The Kier molecular flexibility index (Phi) is 3.47. The average molecular weight is 282 g/mol. The summed E-state index contributed by atoms with van der Waals surface area (Å²) in [5.41, 5.74) is 5.11. The number of nitrogens with zero attached hydrogens (tertiary/aromatic N) is 3. The first kappa shape index (κ1) is 13.0. The lowest BCUT2D eigenvalue weighted by molar-refractivity contribution is 0.624. The molecule has 0 unspecified atom stereocenters. The van der Waals surface area contributed by atoms with Crippen LogP contribution in [0.4, 0.5) is 0 Å². The van der Waals surface area contributed by atoms with E-state index in [1.807, 2.05) is 12.5 Å². The van der Waals surface area contributed by atoms with Crippen molar-refractivity contribution in [2.75, 3.05) is 0 Å². The summed E-state index contributed by atoms with van der Waals surface area (Å²) in [5, 5.41) is 3.52. The Morgan fingerprint density at radius 3 is 2.86 bits per heavy atom. The minimum Gasteiger partial charge on any atom is -0.328 e. The molecule has 0 spiro atoms. The molecule has 2 aliphatic carbocycles. The molecule has 110 valence electrons. The molecule has 0 saturated heterocycles. The first-order valence-corrected chi connectivity index (χ1v) is 8.08. The molecule has 0 bridgehead atoms. The second-order valence-electron chi connectivity index (χ2n) is 6.29. The number of aryl methyl sites for hydroxylation is 1. The highest BCUT2D eigenvalue weighted by Gasteiger charge is 2.20. The molecule has 21 heavy (non-hydrogen) atoms. The predicted octanol–water partition coefficient (Wildman–Crippen LogP) is 2.46. The van der Waals surface area contributed by atoms with Crippen molar-refractivity contribution in [2.45, 2.75) is 57.7 Å². The van der Waals surface area contributed by atoms with Gasteiger partial charge in [-0.1, -0.05) is 6.07 Å². The van der Waals surface area contributed by atoms with Gasteiger partial charge in [0.05, 0.1) is 24.3 Å². The van der Waals surface area contributed by atoms with Crippen molar-refractivity contribution in [1.82, 2.24) is 19.9 Å². The fourth-order valence-electron chi connectivity index (χ4n) is 3.04. The highest BCUT2D eigenvalue weighted by molar-refractivity contribution is 5.19. The molecule has 4 rings (SSSR count). The maximum Gasteiger partial charge on any atom is 0.0955 e. The van der Waals surface area contributed by atoms with Gasteiger partial charge in [0.15, 0.2) is 0 Å². The van der Waals surface area contributed by atoms with Crippen molar-refractivity contribution < 1.29 is 0 Å². The van der Waals surface area contributed by atoms with E-state index in [1.54, 1.807) is 0 Å². The normalized spacial score (nSPS) is 17.7. The minimum absolute atomic E-state index is 0.752. The lowest BCUT2D eigenvalue weighted by Crippen LogP contribution is -2.15. The number of nitrogens with one attached hydrogen (secondary N) is 1. The largest absolute Gasteiger partial charge is 0.328 e. The Balaban J connectivity index is 1.43. The van der Waals surface area contributed by atoms with Crippen LogP contribution in [0.25, 0.3) is 0 Å². The summed E-state index contributed by atoms with van der Waals surface area (Å²) in [6, 6.07) is 5.10. The fraction of sp³-hybridized carbons (Fsp3) is 0.529. The molecule has 2 aliphatic rings. The highest BCUT2D eigenvalue weighted by atomic mass is 15.1. The number of aromatic nitrogens is 3. The maximum atomic E-state index is 4.61.